The van der Waals surface area contributed by atoms with E-state index >= 15 is 0 Å². The minimum absolute atomic E-state index is 0.155. The molecule has 3 N–H and O–H groups in total. The molecule has 88 valence electrons. The molecule has 2 rings (SSSR count). The Hall–Kier alpha value is -0.860. The van der Waals surface area contributed by atoms with Gasteiger partial charge in [0.2, 0.25) is 0 Å². The lowest BCUT2D eigenvalue weighted by Gasteiger charge is -2.23. The zero-order valence-corrected chi connectivity index (χ0v) is 10.2. The molecule has 0 atom stereocenters. The summed E-state index contributed by atoms with van der Waals surface area (Å²) in [5.41, 5.74) is 8.46. The van der Waals surface area contributed by atoms with Crippen molar-refractivity contribution in [3.05, 3.63) is 35.4 Å². The number of rotatable bonds is 4. The predicted octanol–water partition coefficient (Wildman–Crippen LogP) is 1.95. The molecule has 0 spiro atoms. The van der Waals surface area contributed by atoms with Crippen LogP contribution in [0.3, 0.4) is 0 Å². The predicted molar refractivity (Wildman–Crippen MR) is 66.5 cm³/mol. The topological polar surface area (TPSA) is 46.2 Å². The molecule has 1 aromatic carbocycles. The highest BCUT2D eigenvalue weighted by Crippen LogP contribution is 2.47. The van der Waals surface area contributed by atoms with Crippen LogP contribution < -0.4 is 5.73 Å². The van der Waals surface area contributed by atoms with Crippen molar-refractivity contribution >= 4 is 0 Å². The molecule has 0 bridgehead atoms. The first-order valence-corrected chi connectivity index (χ1v) is 5.96. The molecule has 0 aromatic heterocycles. The van der Waals surface area contributed by atoms with E-state index in [2.05, 4.69) is 38.1 Å². The number of aliphatic hydroxyl groups excluding tert-OH is 1. The molecule has 1 saturated carbocycles. The molecule has 0 saturated heterocycles. The van der Waals surface area contributed by atoms with Crippen molar-refractivity contribution in [2.75, 3.05) is 13.2 Å². The second kappa shape index (κ2) is 3.86. The molecule has 2 nitrogen and oxygen atoms in total. The summed E-state index contributed by atoms with van der Waals surface area (Å²) in [5, 5.41) is 9.32. The van der Waals surface area contributed by atoms with Gasteiger partial charge in [0.05, 0.1) is 6.61 Å². The minimum Gasteiger partial charge on any atom is -0.395 e. The SMILES string of the molecule is CC(C)(CO)c1ccc(C2(CN)CC2)cc1. The maximum atomic E-state index is 9.32. The Morgan fingerprint density at radius 1 is 1.25 bits per heavy atom. The van der Waals surface area contributed by atoms with Gasteiger partial charge >= 0.3 is 0 Å². The fourth-order valence-corrected chi connectivity index (χ4v) is 2.13. The van der Waals surface area contributed by atoms with E-state index in [0.29, 0.717) is 0 Å². The third-order valence-electron chi connectivity index (χ3n) is 3.92. The van der Waals surface area contributed by atoms with Crippen LogP contribution in [0.4, 0.5) is 0 Å². The smallest absolute Gasteiger partial charge is 0.0522 e. The third-order valence-corrected chi connectivity index (χ3v) is 3.92. The van der Waals surface area contributed by atoms with Crippen LogP contribution in [0.5, 0.6) is 0 Å². The van der Waals surface area contributed by atoms with Gasteiger partial charge in [-0.05, 0) is 24.0 Å². The molecule has 0 amide bonds. The van der Waals surface area contributed by atoms with Crippen LogP contribution in [0.15, 0.2) is 24.3 Å². The van der Waals surface area contributed by atoms with Crippen LogP contribution in [0, 0.1) is 0 Å². The van der Waals surface area contributed by atoms with E-state index in [4.69, 9.17) is 5.73 Å². The maximum Gasteiger partial charge on any atom is 0.0522 e. The van der Waals surface area contributed by atoms with Crippen LogP contribution in [-0.4, -0.2) is 18.3 Å². The molecular formula is C14H21NO. The minimum atomic E-state index is -0.155. The average Bonchev–Trinajstić information content (AvgIpc) is 3.10. The van der Waals surface area contributed by atoms with Crippen LogP contribution in [0.2, 0.25) is 0 Å². The van der Waals surface area contributed by atoms with Crippen LogP contribution >= 0.6 is 0 Å². The van der Waals surface area contributed by atoms with E-state index in [0.717, 1.165) is 6.54 Å². The van der Waals surface area contributed by atoms with Gasteiger partial charge in [0.15, 0.2) is 0 Å². The van der Waals surface area contributed by atoms with Gasteiger partial charge in [-0.15, -0.1) is 0 Å². The molecule has 0 aliphatic heterocycles. The zero-order valence-electron chi connectivity index (χ0n) is 10.2. The van der Waals surface area contributed by atoms with Crippen molar-refractivity contribution in [2.45, 2.75) is 37.5 Å². The van der Waals surface area contributed by atoms with Crippen molar-refractivity contribution < 1.29 is 5.11 Å². The Kier molecular flexibility index (Phi) is 2.81. The molecule has 1 aromatic rings. The molecule has 1 aliphatic rings. The van der Waals surface area contributed by atoms with Crippen LogP contribution in [0.1, 0.15) is 37.8 Å². The van der Waals surface area contributed by atoms with Gasteiger partial charge in [-0.1, -0.05) is 38.1 Å². The Bertz CT molecular complexity index is 338. The number of nitrogens with two attached hydrogens (primary N) is 1. The summed E-state index contributed by atoms with van der Waals surface area (Å²) in [5.74, 6) is 0. The van der Waals surface area contributed by atoms with E-state index in [-0.39, 0.29) is 17.4 Å². The number of hydrogen-bond acceptors (Lipinski definition) is 2. The van der Waals surface area contributed by atoms with Crippen LogP contribution in [-0.2, 0) is 10.8 Å². The molecular weight excluding hydrogens is 198 g/mol. The summed E-state index contributed by atoms with van der Waals surface area (Å²) in [7, 11) is 0. The summed E-state index contributed by atoms with van der Waals surface area (Å²) in [6.07, 6.45) is 2.43. The molecule has 2 heteroatoms. The van der Waals surface area contributed by atoms with E-state index in [9.17, 15) is 5.11 Å². The van der Waals surface area contributed by atoms with Gasteiger partial charge < -0.3 is 10.8 Å². The van der Waals surface area contributed by atoms with Gasteiger partial charge in [0, 0.05) is 17.4 Å². The fraction of sp³-hybridized carbons (Fsp3) is 0.571. The maximum absolute atomic E-state index is 9.32. The summed E-state index contributed by atoms with van der Waals surface area (Å²) >= 11 is 0. The average molecular weight is 219 g/mol. The highest BCUT2D eigenvalue weighted by Gasteiger charge is 2.42. The standard InChI is InChI=1S/C14H21NO/c1-13(2,10-16)11-3-5-12(6-4-11)14(9-15)7-8-14/h3-6,16H,7-10,15H2,1-2H3. The normalized spacial score (nSPS) is 18.5. The monoisotopic (exact) mass is 219 g/mol. The van der Waals surface area contributed by atoms with E-state index in [1.807, 2.05) is 0 Å². The summed E-state index contributed by atoms with van der Waals surface area (Å²) in [6, 6.07) is 8.60. The zero-order chi connectivity index (χ0) is 11.8. The molecule has 1 fully saturated rings. The lowest BCUT2D eigenvalue weighted by atomic mass is 9.84. The second-order valence-electron chi connectivity index (χ2n) is 5.60. The lowest BCUT2D eigenvalue weighted by Crippen LogP contribution is -2.23. The Balaban J connectivity index is 2.23. The second-order valence-corrected chi connectivity index (χ2v) is 5.60. The van der Waals surface area contributed by atoms with Gasteiger partial charge in [-0.25, -0.2) is 0 Å². The summed E-state index contributed by atoms with van der Waals surface area (Å²) < 4.78 is 0. The highest BCUT2D eigenvalue weighted by molar-refractivity contribution is 5.36. The third kappa shape index (κ3) is 1.87. The summed E-state index contributed by atoms with van der Waals surface area (Å²) in [4.78, 5) is 0. The number of benzene rings is 1. The fourth-order valence-electron chi connectivity index (χ4n) is 2.13. The molecule has 0 heterocycles. The van der Waals surface area contributed by atoms with E-state index in [1.165, 1.54) is 24.0 Å². The van der Waals surface area contributed by atoms with Gasteiger partial charge in [-0.3, -0.25) is 0 Å². The van der Waals surface area contributed by atoms with E-state index in [1.54, 1.807) is 0 Å². The Morgan fingerprint density at radius 2 is 1.81 bits per heavy atom. The molecule has 16 heavy (non-hydrogen) atoms. The molecule has 0 radical (unpaired) electrons. The van der Waals surface area contributed by atoms with Crippen molar-refractivity contribution in [3.63, 3.8) is 0 Å². The van der Waals surface area contributed by atoms with Gasteiger partial charge in [0.1, 0.15) is 0 Å². The van der Waals surface area contributed by atoms with E-state index < -0.39 is 0 Å². The highest BCUT2D eigenvalue weighted by atomic mass is 16.3. The Morgan fingerprint density at radius 3 is 2.19 bits per heavy atom. The van der Waals surface area contributed by atoms with Gasteiger partial charge in [0.25, 0.3) is 0 Å². The number of aliphatic hydroxyl groups is 1. The molecule has 1 aliphatic carbocycles. The molecule has 0 unspecified atom stereocenters. The first-order chi connectivity index (χ1) is 7.54. The van der Waals surface area contributed by atoms with Crippen LogP contribution in [0.25, 0.3) is 0 Å². The van der Waals surface area contributed by atoms with Crippen molar-refractivity contribution in [2.24, 2.45) is 5.73 Å². The summed E-state index contributed by atoms with van der Waals surface area (Å²) in [6.45, 7) is 5.03. The van der Waals surface area contributed by atoms with Gasteiger partial charge in [-0.2, -0.15) is 0 Å². The Labute approximate surface area is 97.5 Å². The van der Waals surface area contributed by atoms with Crippen molar-refractivity contribution in [1.82, 2.24) is 0 Å². The van der Waals surface area contributed by atoms with Crippen molar-refractivity contribution in [3.8, 4) is 0 Å². The first-order valence-electron chi connectivity index (χ1n) is 5.96. The number of hydrogen-bond donors (Lipinski definition) is 2. The lowest BCUT2D eigenvalue weighted by molar-refractivity contribution is 0.218. The first kappa shape index (κ1) is 11.6. The quantitative estimate of drug-likeness (QED) is 0.813. The largest absolute Gasteiger partial charge is 0.395 e. The van der Waals surface area contributed by atoms with Crippen molar-refractivity contribution in [1.29, 1.82) is 0 Å².